The zero-order valence-corrected chi connectivity index (χ0v) is 8.06. The van der Waals surface area contributed by atoms with E-state index in [1.165, 1.54) is 0 Å². The van der Waals surface area contributed by atoms with Gasteiger partial charge in [-0.1, -0.05) is 0 Å². The number of hydrogen-bond acceptors (Lipinski definition) is 4. The van der Waals surface area contributed by atoms with Crippen molar-refractivity contribution in [3.05, 3.63) is 0 Å². The van der Waals surface area contributed by atoms with E-state index in [1.54, 1.807) is 14.2 Å². The predicted molar refractivity (Wildman–Crippen MR) is 49.0 cm³/mol. The maximum Gasteiger partial charge on any atom is 0.0474 e. The minimum absolute atomic E-state index is 0.812. The van der Waals surface area contributed by atoms with Crippen molar-refractivity contribution in [3.8, 4) is 0 Å². The van der Waals surface area contributed by atoms with Crippen LogP contribution in [0.1, 0.15) is 12.8 Å². The molecular formula is C8H20N2O2. The molecule has 4 heteroatoms. The summed E-state index contributed by atoms with van der Waals surface area (Å²) in [4.78, 5) is 0. The van der Waals surface area contributed by atoms with Crippen molar-refractivity contribution in [2.24, 2.45) is 0 Å². The van der Waals surface area contributed by atoms with Gasteiger partial charge in [0.15, 0.2) is 0 Å². The SMILES string of the molecule is COCCCNNCCCOC. The summed E-state index contributed by atoms with van der Waals surface area (Å²) >= 11 is 0. The Hall–Kier alpha value is -0.160. The summed E-state index contributed by atoms with van der Waals surface area (Å²) in [5.41, 5.74) is 6.19. The average molecular weight is 176 g/mol. The van der Waals surface area contributed by atoms with Crippen LogP contribution >= 0.6 is 0 Å². The fraction of sp³-hybridized carbons (Fsp3) is 1.00. The molecule has 0 aliphatic rings. The largest absolute Gasteiger partial charge is 0.385 e. The fourth-order valence-corrected chi connectivity index (χ4v) is 0.787. The summed E-state index contributed by atoms with van der Waals surface area (Å²) in [7, 11) is 3.43. The number of hydrazine groups is 1. The van der Waals surface area contributed by atoms with Crippen LogP contribution in [0.25, 0.3) is 0 Å². The highest BCUT2D eigenvalue weighted by Crippen LogP contribution is 1.77. The second-order valence-electron chi connectivity index (χ2n) is 2.55. The molecule has 2 N–H and O–H groups in total. The zero-order chi connectivity index (χ0) is 9.07. The van der Waals surface area contributed by atoms with Crippen molar-refractivity contribution >= 4 is 0 Å². The molecule has 0 bridgehead atoms. The van der Waals surface area contributed by atoms with Gasteiger partial charge >= 0.3 is 0 Å². The lowest BCUT2D eigenvalue weighted by Gasteiger charge is -2.05. The molecule has 0 aromatic heterocycles. The lowest BCUT2D eigenvalue weighted by atomic mass is 10.4. The molecule has 0 aliphatic carbocycles. The van der Waals surface area contributed by atoms with Crippen LogP contribution in [0.4, 0.5) is 0 Å². The van der Waals surface area contributed by atoms with Gasteiger partial charge in [0.1, 0.15) is 0 Å². The lowest BCUT2D eigenvalue weighted by Crippen LogP contribution is -2.34. The molecule has 0 unspecified atom stereocenters. The van der Waals surface area contributed by atoms with Gasteiger partial charge in [-0.2, -0.15) is 0 Å². The Morgan fingerprint density at radius 1 is 0.833 bits per heavy atom. The highest BCUT2D eigenvalue weighted by Gasteiger charge is 1.87. The van der Waals surface area contributed by atoms with Crippen LogP contribution in [0.5, 0.6) is 0 Å². The summed E-state index contributed by atoms with van der Waals surface area (Å²) in [5.74, 6) is 0. The van der Waals surface area contributed by atoms with Crippen molar-refractivity contribution < 1.29 is 9.47 Å². The molecule has 0 aliphatic heterocycles. The third-order valence-corrected chi connectivity index (χ3v) is 1.43. The van der Waals surface area contributed by atoms with Gasteiger partial charge in [0, 0.05) is 40.5 Å². The Kier molecular flexibility index (Phi) is 10.7. The number of nitrogens with one attached hydrogen (secondary N) is 2. The Balaban J connectivity index is 2.73. The van der Waals surface area contributed by atoms with Gasteiger partial charge in [-0.15, -0.1) is 0 Å². The van der Waals surface area contributed by atoms with Crippen LogP contribution in [-0.4, -0.2) is 40.5 Å². The normalized spacial score (nSPS) is 10.5. The molecule has 0 atom stereocenters. The molecule has 0 aromatic carbocycles. The average Bonchev–Trinajstić information content (AvgIpc) is 2.10. The van der Waals surface area contributed by atoms with Gasteiger partial charge < -0.3 is 9.47 Å². The van der Waals surface area contributed by atoms with Crippen LogP contribution in [0.3, 0.4) is 0 Å². The Labute approximate surface area is 74.6 Å². The molecule has 74 valence electrons. The molecule has 0 spiro atoms. The molecule has 0 rings (SSSR count). The first-order valence-electron chi connectivity index (χ1n) is 4.35. The topological polar surface area (TPSA) is 42.5 Å². The first kappa shape index (κ1) is 11.8. The summed E-state index contributed by atoms with van der Waals surface area (Å²) in [6.45, 7) is 3.52. The van der Waals surface area contributed by atoms with E-state index in [0.29, 0.717) is 0 Å². The van der Waals surface area contributed by atoms with Gasteiger partial charge in [-0.3, -0.25) is 10.9 Å². The summed E-state index contributed by atoms with van der Waals surface area (Å²) in [6, 6.07) is 0. The van der Waals surface area contributed by atoms with Crippen molar-refractivity contribution in [1.82, 2.24) is 10.9 Å². The van der Waals surface area contributed by atoms with Gasteiger partial charge in [-0.05, 0) is 12.8 Å². The summed E-state index contributed by atoms with van der Waals surface area (Å²) in [5, 5.41) is 0. The predicted octanol–water partition coefficient (Wildman–Crippen LogP) is 0.154. The molecule has 12 heavy (non-hydrogen) atoms. The second-order valence-corrected chi connectivity index (χ2v) is 2.55. The molecule has 0 heterocycles. The lowest BCUT2D eigenvalue weighted by molar-refractivity contribution is 0.188. The summed E-state index contributed by atoms with van der Waals surface area (Å²) < 4.78 is 9.80. The third kappa shape index (κ3) is 9.84. The molecule has 0 fully saturated rings. The van der Waals surface area contributed by atoms with E-state index >= 15 is 0 Å². The van der Waals surface area contributed by atoms with Crippen molar-refractivity contribution in [1.29, 1.82) is 0 Å². The molecule has 0 amide bonds. The maximum atomic E-state index is 4.90. The van der Waals surface area contributed by atoms with Crippen LogP contribution in [0, 0.1) is 0 Å². The molecule has 0 saturated carbocycles. The number of rotatable bonds is 9. The van der Waals surface area contributed by atoms with Crippen molar-refractivity contribution in [3.63, 3.8) is 0 Å². The maximum absolute atomic E-state index is 4.90. The van der Waals surface area contributed by atoms with E-state index in [4.69, 9.17) is 9.47 Å². The highest BCUT2D eigenvalue weighted by molar-refractivity contribution is 4.43. The summed E-state index contributed by atoms with van der Waals surface area (Å²) in [6.07, 6.45) is 2.07. The number of methoxy groups -OCH3 is 2. The number of hydrogen-bond donors (Lipinski definition) is 2. The van der Waals surface area contributed by atoms with Crippen molar-refractivity contribution in [2.75, 3.05) is 40.5 Å². The molecule has 4 nitrogen and oxygen atoms in total. The molecular weight excluding hydrogens is 156 g/mol. The van der Waals surface area contributed by atoms with Gasteiger partial charge in [0.25, 0.3) is 0 Å². The zero-order valence-electron chi connectivity index (χ0n) is 8.06. The molecule has 0 radical (unpaired) electrons. The second kappa shape index (κ2) is 10.8. The smallest absolute Gasteiger partial charge is 0.0474 e. The standard InChI is InChI=1S/C8H20N2O2/c1-11-7-3-5-9-10-6-4-8-12-2/h9-10H,3-8H2,1-2H3. The minimum atomic E-state index is 0.812. The first-order chi connectivity index (χ1) is 5.91. The van der Waals surface area contributed by atoms with Crippen molar-refractivity contribution in [2.45, 2.75) is 12.8 Å². The third-order valence-electron chi connectivity index (χ3n) is 1.43. The minimum Gasteiger partial charge on any atom is -0.385 e. The van der Waals surface area contributed by atoms with Crippen LogP contribution < -0.4 is 10.9 Å². The first-order valence-corrected chi connectivity index (χ1v) is 4.35. The highest BCUT2D eigenvalue weighted by atomic mass is 16.5. The van der Waals surface area contributed by atoms with E-state index in [-0.39, 0.29) is 0 Å². The van der Waals surface area contributed by atoms with Gasteiger partial charge in [0.2, 0.25) is 0 Å². The van der Waals surface area contributed by atoms with Crippen LogP contribution in [0.15, 0.2) is 0 Å². The van der Waals surface area contributed by atoms with E-state index in [0.717, 1.165) is 39.1 Å². The molecule has 0 saturated heterocycles. The Morgan fingerprint density at radius 3 is 1.58 bits per heavy atom. The van der Waals surface area contributed by atoms with E-state index in [1.807, 2.05) is 0 Å². The van der Waals surface area contributed by atoms with Gasteiger partial charge in [0.05, 0.1) is 0 Å². The quantitative estimate of drug-likeness (QED) is 0.388. The van der Waals surface area contributed by atoms with E-state index < -0.39 is 0 Å². The number of ether oxygens (including phenoxy) is 2. The van der Waals surface area contributed by atoms with Crippen LogP contribution in [0.2, 0.25) is 0 Å². The Morgan fingerprint density at radius 2 is 1.25 bits per heavy atom. The van der Waals surface area contributed by atoms with Gasteiger partial charge in [-0.25, -0.2) is 0 Å². The fourth-order valence-electron chi connectivity index (χ4n) is 0.787. The van der Waals surface area contributed by atoms with E-state index in [2.05, 4.69) is 10.9 Å². The monoisotopic (exact) mass is 176 g/mol. The Bertz CT molecular complexity index is 71.5. The molecule has 0 aromatic rings. The van der Waals surface area contributed by atoms with Crippen LogP contribution in [-0.2, 0) is 9.47 Å². The van der Waals surface area contributed by atoms with E-state index in [9.17, 15) is 0 Å².